The number of anilines is 1. The third-order valence-electron chi connectivity index (χ3n) is 4.85. The van der Waals surface area contributed by atoms with Crippen LogP contribution < -0.4 is 16.2 Å². The molecule has 0 heterocycles. The van der Waals surface area contributed by atoms with E-state index < -0.39 is 37.7 Å². The van der Waals surface area contributed by atoms with Crippen LogP contribution in [0, 0.1) is 6.92 Å². The molecule has 37 heavy (non-hydrogen) atoms. The molecule has 198 valence electrons. The predicted octanol–water partition coefficient (Wildman–Crippen LogP) is 4.72. The van der Waals surface area contributed by atoms with Crippen LogP contribution in [0.15, 0.2) is 79.7 Å². The lowest BCUT2D eigenvalue weighted by Gasteiger charge is -2.13. The van der Waals surface area contributed by atoms with Gasteiger partial charge in [-0.15, -0.1) is 16.2 Å². The maximum Gasteiger partial charge on any atom is 0.416 e. The lowest BCUT2D eigenvalue weighted by molar-refractivity contribution is -0.137. The minimum absolute atomic E-state index is 0.0781. The van der Waals surface area contributed by atoms with Gasteiger partial charge < -0.3 is 11.1 Å². The number of thioether (sulfide) groups is 1. The number of nitrogens with zero attached hydrogens (tertiary/aromatic N) is 1. The van der Waals surface area contributed by atoms with E-state index >= 15 is 0 Å². The zero-order valence-electron chi connectivity index (χ0n) is 19.0. The number of aryl methyl sites for hydroxylation is 1. The number of rotatable bonds is 7. The van der Waals surface area contributed by atoms with Gasteiger partial charge in [-0.1, -0.05) is 35.9 Å². The Hall–Kier alpha value is -2.78. The number of primary sulfonamides is 1. The third-order valence-corrected chi connectivity index (χ3v) is 8.82. The summed E-state index contributed by atoms with van der Waals surface area (Å²) in [4.78, 5) is -0.367. The van der Waals surface area contributed by atoms with Gasteiger partial charge in [0.25, 0.3) is 10.0 Å². The monoisotopic (exact) mass is 592 g/mol. The molecule has 0 fully saturated rings. The Morgan fingerprint density at radius 3 is 2.24 bits per heavy atom. The van der Waals surface area contributed by atoms with Gasteiger partial charge in [-0.25, -0.2) is 13.6 Å². The van der Waals surface area contributed by atoms with Crippen LogP contribution in [0.25, 0.3) is 0 Å². The normalized spacial score (nSPS) is 13.0. The molecule has 0 unspecified atom stereocenters. The van der Waals surface area contributed by atoms with E-state index in [1.54, 1.807) is 6.92 Å². The number of para-hydroxylation sites is 1. The Morgan fingerprint density at radius 2 is 1.65 bits per heavy atom. The zero-order valence-corrected chi connectivity index (χ0v) is 22.2. The van der Waals surface area contributed by atoms with Crippen molar-refractivity contribution >= 4 is 55.1 Å². The number of halogens is 4. The first kappa shape index (κ1) is 28.8. The first-order valence-corrected chi connectivity index (χ1v) is 14.5. The van der Waals surface area contributed by atoms with Crippen molar-refractivity contribution in [3.63, 3.8) is 0 Å². The van der Waals surface area contributed by atoms with Crippen molar-refractivity contribution in [1.29, 1.82) is 0 Å². The standard InChI is InChI=1S/C22H20ClF3N4O4S3/c1-13-10-20(18(11-16(13)23)35-12-14-6-8-15(9-7-14)22(24,25)26)37(33,34)30-21(27)29-17-4-2-3-5-19(17)36(28,31)32/h2-11H,12H2,1H3,(H3,27,29,30)(H2,28,31,32). The Labute approximate surface area is 221 Å². The fourth-order valence-electron chi connectivity index (χ4n) is 3.06. The van der Waals surface area contributed by atoms with Crippen LogP contribution in [-0.4, -0.2) is 22.8 Å². The van der Waals surface area contributed by atoms with Gasteiger partial charge in [0, 0.05) is 15.7 Å². The number of hydrogen-bond acceptors (Lipinski definition) is 5. The molecule has 0 aliphatic heterocycles. The van der Waals surface area contributed by atoms with Gasteiger partial charge in [0.1, 0.15) is 9.79 Å². The number of sulfonamides is 2. The number of alkyl halides is 3. The second-order valence-electron chi connectivity index (χ2n) is 7.65. The minimum Gasteiger partial charge on any atom is -0.369 e. The largest absolute Gasteiger partial charge is 0.416 e. The summed E-state index contributed by atoms with van der Waals surface area (Å²) in [5.41, 5.74) is 5.84. The number of benzene rings is 3. The number of nitrogens with one attached hydrogen (secondary N) is 1. The van der Waals surface area contributed by atoms with Crippen LogP contribution >= 0.6 is 23.4 Å². The van der Waals surface area contributed by atoms with Crippen LogP contribution in [0.4, 0.5) is 18.9 Å². The molecule has 3 aromatic rings. The fourth-order valence-corrected chi connectivity index (χ4v) is 6.43. The highest BCUT2D eigenvalue weighted by atomic mass is 35.5. The summed E-state index contributed by atoms with van der Waals surface area (Å²) >= 11 is 7.22. The van der Waals surface area contributed by atoms with Crippen LogP contribution in [0.3, 0.4) is 0 Å². The molecular weight excluding hydrogens is 573 g/mol. The number of guanidine groups is 1. The van der Waals surface area contributed by atoms with E-state index in [-0.39, 0.29) is 31.1 Å². The Balaban J connectivity index is 1.91. The smallest absolute Gasteiger partial charge is 0.369 e. The van der Waals surface area contributed by atoms with Gasteiger partial charge in [0.15, 0.2) is 0 Å². The molecule has 3 aromatic carbocycles. The van der Waals surface area contributed by atoms with E-state index in [4.69, 9.17) is 22.5 Å². The molecule has 0 bridgehead atoms. The highest BCUT2D eigenvalue weighted by Crippen LogP contribution is 2.35. The van der Waals surface area contributed by atoms with E-state index in [1.165, 1.54) is 48.5 Å². The molecule has 0 atom stereocenters. The van der Waals surface area contributed by atoms with E-state index in [9.17, 15) is 30.0 Å². The predicted molar refractivity (Wildman–Crippen MR) is 137 cm³/mol. The Kier molecular flexibility index (Phi) is 8.49. The summed E-state index contributed by atoms with van der Waals surface area (Å²) in [6.45, 7) is 1.58. The maximum atomic E-state index is 13.1. The molecule has 5 N–H and O–H groups in total. The third kappa shape index (κ3) is 7.38. The molecule has 0 saturated heterocycles. The molecule has 0 radical (unpaired) electrons. The lowest BCUT2D eigenvalue weighted by atomic mass is 10.1. The van der Waals surface area contributed by atoms with Gasteiger partial charge >= 0.3 is 6.18 Å². The number of hydrogen-bond donors (Lipinski definition) is 3. The van der Waals surface area contributed by atoms with Crippen molar-refractivity contribution in [2.75, 3.05) is 5.32 Å². The van der Waals surface area contributed by atoms with Crippen molar-refractivity contribution in [1.82, 2.24) is 0 Å². The summed E-state index contributed by atoms with van der Waals surface area (Å²) in [7, 11) is -8.58. The second kappa shape index (κ2) is 10.9. The quantitative estimate of drug-likeness (QED) is 0.204. The summed E-state index contributed by atoms with van der Waals surface area (Å²) in [6, 6.07) is 12.6. The lowest BCUT2D eigenvalue weighted by Crippen LogP contribution is -2.26. The Morgan fingerprint density at radius 1 is 1.03 bits per heavy atom. The van der Waals surface area contributed by atoms with E-state index in [1.807, 2.05) is 0 Å². The van der Waals surface area contributed by atoms with E-state index in [0.29, 0.717) is 11.1 Å². The fraction of sp³-hybridized carbons (Fsp3) is 0.136. The highest BCUT2D eigenvalue weighted by molar-refractivity contribution is 7.99. The summed E-state index contributed by atoms with van der Waals surface area (Å²) in [5.74, 6) is -0.485. The highest BCUT2D eigenvalue weighted by Gasteiger charge is 2.30. The molecule has 0 amide bonds. The topological polar surface area (TPSA) is 145 Å². The van der Waals surface area contributed by atoms with Crippen LogP contribution in [-0.2, 0) is 32.0 Å². The summed E-state index contributed by atoms with van der Waals surface area (Å²) in [5, 5.41) is 7.87. The molecule has 3 rings (SSSR count). The van der Waals surface area contributed by atoms with Gasteiger partial charge in [0.05, 0.1) is 11.3 Å². The molecule has 0 spiro atoms. The van der Waals surface area contributed by atoms with E-state index in [0.717, 1.165) is 23.9 Å². The number of nitrogens with two attached hydrogens (primary N) is 2. The van der Waals surface area contributed by atoms with Crippen LogP contribution in [0.5, 0.6) is 0 Å². The SMILES string of the molecule is Cc1cc(S(=O)(=O)N=C(N)Nc2ccccc2S(N)(=O)=O)c(SCc2ccc(C(F)(F)F)cc2)cc1Cl. The van der Waals surface area contributed by atoms with E-state index in [2.05, 4.69) is 9.71 Å². The van der Waals surface area contributed by atoms with Crippen molar-refractivity contribution in [3.05, 3.63) is 82.4 Å². The maximum absolute atomic E-state index is 13.1. The molecular formula is C22H20ClF3N4O4S3. The van der Waals surface area contributed by atoms with Crippen molar-refractivity contribution in [2.45, 2.75) is 33.5 Å². The molecule has 0 aromatic heterocycles. The van der Waals surface area contributed by atoms with Crippen molar-refractivity contribution in [2.24, 2.45) is 15.3 Å². The van der Waals surface area contributed by atoms with Gasteiger partial charge in [-0.05, 0) is 54.4 Å². The minimum atomic E-state index is -4.47. The summed E-state index contributed by atoms with van der Waals surface area (Å²) in [6.07, 6.45) is -4.47. The molecule has 0 saturated carbocycles. The first-order chi connectivity index (χ1) is 17.1. The first-order valence-electron chi connectivity index (χ1n) is 10.2. The van der Waals surface area contributed by atoms with Gasteiger partial charge in [0.2, 0.25) is 16.0 Å². The average molecular weight is 593 g/mol. The molecule has 8 nitrogen and oxygen atoms in total. The Bertz CT molecular complexity index is 1560. The zero-order chi connectivity index (χ0) is 27.6. The van der Waals surface area contributed by atoms with Crippen LogP contribution in [0.2, 0.25) is 5.02 Å². The summed E-state index contributed by atoms with van der Waals surface area (Å²) < 4.78 is 91.8. The second-order valence-corrected chi connectivity index (χ2v) is 12.2. The molecule has 15 heteroatoms. The van der Waals surface area contributed by atoms with Crippen molar-refractivity contribution < 1.29 is 30.0 Å². The van der Waals surface area contributed by atoms with Gasteiger partial charge in [-0.2, -0.15) is 21.6 Å². The van der Waals surface area contributed by atoms with Gasteiger partial charge in [-0.3, -0.25) is 0 Å². The van der Waals surface area contributed by atoms with Crippen LogP contribution in [0.1, 0.15) is 16.7 Å². The average Bonchev–Trinajstić information content (AvgIpc) is 2.78. The molecule has 0 aliphatic rings. The molecule has 0 aliphatic carbocycles. The van der Waals surface area contributed by atoms with Crippen molar-refractivity contribution in [3.8, 4) is 0 Å².